The number of ether oxygens (including phenoxy) is 1. The van der Waals surface area contributed by atoms with Gasteiger partial charge in [-0.05, 0) is 51.6 Å². The van der Waals surface area contributed by atoms with Crippen molar-refractivity contribution in [2.45, 2.75) is 39.5 Å². The first-order valence-electron chi connectivity index (χ1n) is 9.86. The molecular weight excluding hydrogens is 392 g/mol. The highest BCUT2D eigenvalue weighted by Crippen LogP contribution is 2.30. The molecule has 0 N–H and O–H groups in total. The monoisotopic (exact) mass is 418 g/mol. The lowest BCUT2D eigenvalue weighted by atomic mass is 10.1. The Balaban J connectivity index is 1.57. The van der Waals surface area contributed by atoms with Crippen molar-refractivity contribution >= 4 is 23.6 Å². The standard InChI is InChI=1S/C20H27ClN6O2/c1-20(2,3)29-19(28)26-9-7-25(8-10-26)18-23-22-17-13-24(4)12-14-11-15(21)5-6-16(14)27(17)18/h5-6,11H,7-10,12-13H2,1-4H3. The molecule has 29 heavy (non-hydrogen) atoms. The predicted molar refractivity (Wildman–Crippen MR) is 112 cm³/mol. The molecule has 2 aliphatic heterocycles. The van der Waals surface area contributed by atoms with Gasteiger partial charge in [-0.2, -0.15) is 0 Å². The number of anilines is 1. The third kappa shape index (κ3) is 4.18. The minimum atomic E-state index is -0.491. The Bertz CT molecular complexity index is 914. The number of hydrogen-bond acceptors (Lipinski definition) is 6. The number of fused-ring (bicyclic) bond motifs is 3. The highest BCUT2D eigenvalue weighted by Gasteiger charge is 2.30. The smallest absolute Gasteiger partial charge is 0.410 e. The molecule has 0 bridgehead atoms. The Kier molecular flexibility index (Phi) is 5.16. The number of carbonyl (C=O) groups is 1. The molecule has 0 unspecified atom stereocenters. The lowest BCUT2D eigenvalue weighted by molar-refractivity contribution is 0.0240. The molecule has 0 aliphatic carbocycles. The molecule has 2 aliphatic rings. The normalized spacial score (nSPS) is 17.6. The molecule has 1 aromatic carbocycles. The van der Waals surface area contributed by atoms with Crippen LogP contribution in [0.1, 0.15) is 32.2 Å². The van der Waals surface area contributed by atoms with Crippen molar-refractivity contribution in [2.24, 2.45) is 0 Å². The summed E-state index contributed by atoms with van der Waals surface area (Å²) in [7, 11) is 2.06. The Morgan fingerprint density at radius 1 is 1.10 bits per heavy atom. The zero-order valence-corrected chi connectivity index (χ0v) is 18.1. The summed E-state index contributed by atoms with van der Waals surface area (Å²) in [5, 5.41) is 9.67. The molecule has 1 fully saturated rings. The van der Waals surface area contributed by atoms with Crippen molar-refractivity contribution in [2.75, 3.05) is 38.1 Å². The fourth-order valence-corrected chi connectivity index (χ4v) is 3.96. The van der Waals surface area contributed by atoms with Gasteiger partial charge < -0.3 is 14.5 Å². The maximum Gasteiger partial charge on any atom is 0.410 e. The molecule has 2 aromatic rings. The number of piperazine rings is 1. The van der Waals surface area contributed by atoms with Crippen LogP contribution < -0.4 is 4.90 Å². The topological polar surface area (TPSA) is 66.7 Å². The molecule has 0 atom stereocenters. The van der Waals surface area contributed by atoms with Gasteiger partial charge in [-0.1, -0.05) is 11.6 Å². The van der Waals surface area contributed by atoms with Crippen LogP contribution in [-0.2, 0) is 17.8 Å². The second kappa shape index (κ2) is 7.50. The summed E-state index contributed by atoms with van der Waals surface area (Å²) in [5.74, 6) is 1.71. The van der Waals surface area contributed by atoms with E-state index in [1.165, 1.54) is 0 Å². The molecule has 1 aromatic heterocycles. The van der Waals surface area contributed by atoms with Crippen molar-refractivity contribution in [3.8, 4) is 5.69 Å². The van der Waals surface area contributed by atoms with E-state index in [2.05, 4.69) is 31.6 Å². The van der Waals surface area contributed by atoms with E-state index in [0.717, 1.165) is 34.6 Å². The Morgan fingerprint density at radius 2 is 1.83 bits per heavy atom. The van der Waals surface area contributed by atoms with Gasteiger partial charge >= 0.3 is 6.09 Å². The molecule has 3 heterocycles. The van der Waals surface area contributed by atoms with Crippen LogP contribution in [0.15, 0.2) is 18.2 Å². The number of amides is 1. The van der Waals surface area contributed by atoms with E-state index >= 15 is 0 Å². The zero-order valence-electron chi connectivity index (χ0n) is 17.4. The first-order valence-corrected chi connectivity index (χ1v) is 10.2. The molecule has 0 spiro atoms. The lowest BCUT2D eigenvalue weighted by Crippen LogP contribution is -2.50. The summed E-state index contributed by atoms with van der Waals surface area (Å²) in [6, 6.07) is 5.94. The van der Waals surface area contributed by atoms with E-state index in [1.807, 2.05) is 39.0 Å². The Labute approximate surface area is 176 Å². The minimum Gasteiger partial charge on any atom is -0.444 e. The lowest BCUT2D eigenvalue weighted by Gasteiger charge is -2.36. The fraction of sp³-hybridized carbons (Fsp3) is 0.550. The average molecular weight is 419 g/mol. The van der Waals surface area contributed by atoms with Gasteiger partial charge in [0.25, 0.3) is 0 Å². The minimum absolute atomic E-state index is 0.265. The quantitative estimate of drug-likeness (QED) is 0.709. The molecule has 1 amide bonds. The number of rotatable bonds is 1. The second-order valence-corrected chi connectivity index (χ2v) is 9.09. The molecule has 9 heteroatoms. The zero-order chi connectivity index (χ0) is 20.8. The first-order chi connectivity index (χ1) is 13.7. The molecule has 1 saturated heterocycles. The van der Waals surface area contributed by atoms with Crippen molar-refractivity contribution in [1.82, 2.24) is 24.6 Å². The van der Waals surface area contributed by atoms with Crippen LogP contribution in [0.4, 0.5) is 10.7 Å². The van der Waals surface area contributed by atoms with E-state index in [1.54, 1.807) is 4.90 Å². The highest BCUT2D eigenvalue weighted by atomic mass is 35.5. The van der Waals surface area contributed by atoms with Gasteiger partial charge in [0.1, 0.15) is 5.60 Å². The molecule has 156 valence electrons. The summed E-state index contributed by atoms with van der Waals surface area (Å²) < 4.78 is 7.62. The molecule has 0 saturated carbocycles. The van der Waals surface area contributed by atoms with Crippen molar-refractivity contribution in [3.63, 3.8) is 0 Å². The van der Waals surface area contributed by atoms with E-state index in [-0.39, 0.29) is 6.09 Å². The van der Waals surface area contributed by atoms with Crippen molar-refractivity contribution in [1.29, 1.82) is 0 Å². The van der Waals surface area contributed by atoms with Gasteiger partial charge in [0, 0.05) is 37.7 Å². The number of hydrogen-bond donors (Lipinski definition) is 0. The fourth-order valence-electron chi connectivity index (χ4n) is 3.76. The van der Waals surface area contributed by atoms with Crippen LogP contribution >= 0.6 is 11.6 Å². The van der Waals surface area contributed by atoms with Crippen LogP contribution in [-0.4, -0.2) is 69.5 Å². The summed E-state index contributed by atoms with van der Waals surface area (Å²) in [6.07, 6.45) is -0.265. The molecular formula is C20H27ClN6O2. The molecule has 4 rings (SSSR count). The Hall–Kier alpha value is -2.32. The summed E-state index contributed by atoms with van der Waals surface area (Å²) in [4.78, 5) is 18.5. The third-order valence-electron chi connectivity index (χ3n) is 5.06. The van der Waals surface area contributed by atoms with Crippen molar-refractivity contribution in [3.05, 3.63) is 34.6 Å². The van der Waals surface area contributed by atoms with Crippen LogP contribution in [0, 0.1) is 0 Å². The number of benzene rings is 1. The summed E-state index contributed by atoms with van der Waals surface area (Å²) in [5.41, 5.74) is 1.71. The molecule has 0 radical (unpaired) electrons. The van der Waals surface area contributed by atoms with E-state index < -0.39 is 5.60 Å². The van der Waals surface area contributed by atoms with E-state index in [0.29, 0.717) is 32.7 Å². The van der Waals surface area contributed by atoms with Crippen LogP contribution in [0.5, 0.6) is 0 Å². The SMILES string of the molecule is CN1Cc2cc(Cl)ccc2-n2c(nnc2N2CCN(C(=O)OC(C)(C)C)CC2)C1. The maximum absolute atomic E-state index is 12.4. The van der Waals surface area contributed by atoms with Crippen LogP contribution in [0.2, 0.25) is 5.02 Å². The molecule has 8 nitrogen and oxygen atoms in total. The van der Waals surface area contributed by atoms with Gasteiger partial charge in [0.2, 0.25) is 5.95 Å². The van der Waals surface area contributed by atoms with Gasteiger partial charge in [0.05, 0.1) is 12.2 Å². The number of nitrogens with zero attached hydrogens (tertiary/aromatic N) is 6. The van der Waals surface area contributed by atoms with E-state index in [4.69, 9.17) is 16.3 Å². The second-order valence-electron chi connectivity index (χ2n) is 8.65. The largest absolute Gasteiger partial charge is 0.444 e. The maximum atomic E-state index is 12.4. The predicted octanol–water partition coefficient (Wildman–Crippen LogP) is 2.92. The third-order valence-corrected chi connectivity index (χ3v) is 5.30. The van der Waals surface area contributed by atoms with Crippen molar-refractivity contribution < 1.29 is 9.53 Å². The number of carbonyl (C=O) groups excluding carboxylic acids is 1. The van der Waals surface area contributed by atoms with Gasteiger partial charge in [0.15, 0.2) is 5.82 Å². The summed E-state index contributed by atoms with van der Waals surface area (Å²) in [6.45, 7) is 9.68. The van der Waals surface area contributed by atoms with Gasteiger partial charge in [-0.15, -0.1) is 10.2 Å². The number of halogens is 1. The van der Waals surface area contributed by atoms with E-state index in [9.17, 15) is 4.79 Å². The van der Waals surface area contributed by atoms with Crippen LogP contribution in [0.25, 0.3) is 5.69 Å². The van der Waals surface area contributed by atoms with Gasteiger partial charge in [-0.3, -0.25) is 9.47 Å². The van der Waals surface area contributed by atoms with Crippen LogP contribution in [0.3, 0.4) is 0 Å². The average Bonchev–Trinajstić information content (AvgIpc) is 2.98. The highest BCUT2D eigenvalue weighted by molar-refractivity contribution is 6.30. The number of aromatic nitrogens is 3. The Morgan fingerprint density at radius 3 is 2.52 bits per heavy atom. The van der Waals surface area contributed by atoms with Gasteiger partial charge in [-0.25, -0.2) is 4.79 Å². The summed E-state index contributed by atoms with van der Waals surface area (Å²) >= 11 is 6.24. The first kappa shape index (κ1) is 20.0.